The van der Waals surface area contributed by atoms with Crippen molar-refractivity contribution in [2.45, 2.75) is 20.4 Å². The maximum atomic E-state index is 4.31. The Balaban J connectivity index is 2.08. The molecule has 0 saturated heterocycles. The Bertz CT molecular complexity index is 463. The van der Waals surface area contributed by atoms with E-state index in [1.807, 2.05) is 12.3 Å². The Morgan fingerprint density at radius 1 is 1.25 bits per heavy atom. The number of aromatic nitrogens is 1. The van der Waals surface area contributed by atoms with Gasteiger partial charge in [0.15, 0.2) is 0 Å². The van der Waals surface area contributed by atoms with E-state index in [4.69, 9.17) is 0 Å². The van der Waals surface area contributed by atoms with Gasteiger partial charge in [0, 0.05) is 18.1 Å². The van der Waals surface area contributed by atoms with Crippen LogP contribution in [0.2, 0.25) is 0 Å². The minimum atomic E-state index is 0.696. The van der Waals surface area contributed by atoms with Gasteiger partial charge in [0.25, 0.3) is 0 Å². The average molecular weight is 214 g/mol. The predicted molar refractivity (Wildman–Crippen MR) is 68.3 cm³/mol. The van der Waals surface area contributed by atoms with E-state index in [2.05, 4.69) is 48.4 Å². The van der Waals surface area contributed by atoms with Gasteiger partial charge in [0.2, 0.25) is 0 Å². The molecule has 0 unspecified atom stereocenters. The zero-order chi connectivity index (χ0) is 11.4. The number of hydrogen-bond acceptors (Lipinski definition) is 2. The van der Waals surface area contributed by atoms with Crippen molar-refractivity contribution in [2.24, 2.45) is 5.92 Å². The topological polar surface area (TPSA) is 24.9 Å². The first-order valence-corrected chi connectivity index (χ1v) is 5.80. The first kappa shape index (κ1) is 11.1. The molecule has 1 N–H and O–H groups in total. The SMILES string of the molecule is CC(C)CNCc1ccc2ncccc2c1. The third-order valence-electron chi connectivity index (χ3n) is 2.55. The smallest absolute Gasteiger partial charge is 0.0702 e. The van der Waals surface area contributed by atoms with E-state index in [0.29, 0.717) is 5.92 Å². The summed E-state index contributed by atoms with van der Waals surface area (Å²) in [5, 5.41) is 4.66. The third-order valence-corrected chi connectivity index (χ3v) is 2.55. The normalized spacial score (nSPS) is 11.2. The maximum Gasteiger partial charge on any atom is 0.0702 e. The van der Waals surface area contributed by atoms with Crippen molar-refractivity contribution in [2.75, 3.05) is 6.54 Å². The van der Waals surface area contributed by atoms with Gasteiger partial charge in [-0.05, 0) is 36.2 Å². The van der Waals surface area contributed by atoms with Gasteiger partial charge < -0.3 is 5.32 Å². The highest BCUT2D eigenvalue weighted by atomic mass is 14.8. The van der Waals surface area contributed by atoms with Crippen LogP contribution >= 0.6 is 0 Å². The number of pyridine rings is 1. The van der Waals surface area contributed by atoms with E-state index in [0.717, 1.165) is 18.6 Å². The fourth-order valence-electron chi connectivity index (χ4n) is 1.74. The molecule has 0 fully saturated rings. The Hall–Kier alpha value is -1.41. The Morgan fingerprint density at radius 3 is 2.94 bits per heavy atom. The molecule has 1 aromatic carbocycles. The first-order chi connectivity index (χ1) is 7.75. The molecule has 0 aliphatic rings. The van der Waals surface area contributed by atoms with Crippen molar-refractivity contribution in [1.82, 2.24) is 10.3 Å². The minimum absolute atomic E-state index is 0.696. The standard InChI is InChI=1S/C14H18N2/c1-11(2)9-15-10-12-5-6-14-13(8-12)4-3-7-16-14/h3-8,11,15H,9-10H2,1-2H3. The van der Waals surface area contributed by atoms with Crippen molar-refractivity contribution in [3.05, 3.63) is 42.1 Å². The molecule has 0 spiro atoms. The summed E-state index contributed by atoms with van der Waals surface area (Å²) < 4.78 is 0. The van der Waals surface area contributed by atoms with Crippen molar-refractivity contribution in [3.8, 4) is 0 Å². The second-order valence-corrected chi connectivity index (χ2v) is 4.56. The highest BCUT2D eigenvalue weighted by Gasteiger charge is 1.97. The van der Waals surface area contributed by atoms with E-state index < -0.39 is 0 Å². The van der Waals surface area contributed by atoms with Crippen LogP contribution in [0.4, 0.5) is 0 Å². The van der Waals surface area contributed by atoms with E-state index >= 15 is 0 Å². The van der Waals surface area contributed by atoms with Crippen molar-refractivity contribution in [1.29, 1.82) is 0 Å². The molecule has 2 heteroatoms. The van der Waals surface area contributed by atoms with E-state index in [9.17, 15) is 0 Å². The van der Waals surface area contributed by atoms with Crippen LogP contribution in [0.5, 0.6) is 0 Å². The average Bonchev–Trinajstić information content (AvgIpc) is 2.28. The number of rotatable bonds is 4. The summed E-state index contributed by atoms with van der Waals surface area (Å²) in [6.07, 6.45) is 1.83. The van der Waals surface area contributed by atoms with Crippen LogP contribution < -0.4 is 5.32 Å². The lowest BCUT2D eigenvalue weighted by atomic mass is 10.1. The lowest BCUT2D eigenvalue weighted by Gasteiger charge is -2.07. The van der Waals surface area contributed by atoms with Crippen molar-refractivity contribution < 1.29 is 0 Å². The molecule has 0 amide bonds. The maximum absolute atomic E-state index is 4.31. The minimum Gasteiger partial charge on any atom is -0.312 e. The van der Waals surface area contributed by atoms with Crippen LogP contribution in [-0.2, 0) is 6.54 Å². The molecule has 0 aliphatic carbocycles. The third kappa shape index (κ3) is 2.80. The van der Waals surface area contributed by atoms with Gasteiger partial charge in [-0.2, -0.15) is 0 Å². The van der Waals surface area contributed by atoms with Crippen LogP contribution in [-0.4, -0.2) is 11.5 Å². The summed E-state index contributed by atoms with van der Waals surface area (Å²) in [4.78, 5) is 4.31. The molecule has 0 radical (unpaired) electrons. The highest BCUT2D eigenvalue weighted by Crippen LogP contribution is 2.13. The summed E-state index contributed by atoms with van der Waals surface area (Å²) in [5.74, 6) is 0.696. The van der Waals surface area contributed by atoms with Crippen LogP contribution in [0.3, 0.4) is 0 Å². The molecule has 2 nitrogen and oxygen atoms in total. The van der Waals surface area contributed by atoms with Gasteiger partial charge in [0.1, 0.15) is 0 Å². The summed E-state index contributed by atoms with van der Waals surface area (Å²) in [7, 11) is 0. The zero-order valence-corrected chi connectivity index (χ0v) is 9.90. The van der Waals surface area contributed by atoms with Gasteiger partial charge in [-0.1, -0.05) is 26.0 Å². The molecule has 84 valence electrons. The van der Waals surface area contributed by atoms with Gasteiger partial charge in [-0.15, -0.1) is 0 Å². The molecule has 16 heavy (non-hydrogen) atoms. The number of nitrogens with one attached hydrogen (secondary N) is 1. The molecular weight excluding hydrogens is 196 g/mol. The zero-order valence-electron chi connectivity index (χ0n) is 9.90. The molecular formula is C14H18N2. The quantitative estimate of drug-likeness (QED) is 0.846. The lowest BCUT2D eigenvalue weighted by Crippen LogP contribution is -2.18. The molecule has 0 saturated carbocycles. The molecule has 0 aliphatic heterocycles. The van der Waals surface area contributed by atoms with E-state index in [1.165, 1.54) is 10.9 Å². The van der Waals surface area contributed by atoms with Gasteiger partial charge >= 0.3 is 0 Å². The molecule has 1 heterocycles. The van der Waals surface area contributed by atoms with Crippen LogP contribution in [0.25, 0.3) is 10.9 Å². The highest BCUT2D eigenvalue weighted by molar-refractivity contribution is 5.78. The number of benzene rings is 1. The summed E-state index contributed by atoms with van der Waals surface area (Å²) in [6, 6.07) is 10.5. The molecule has 0 bridgehead atoms. The van der Waals surface area contributed by atoms with Crippen molar-refractivity contribution >= 4 is 10.9 Å². The monoisotopic (exact) mass is 214 g/mol. The Labute approximate surface area is 96.7 Å². The van der Waals surface area contributed by atoms with Gasteiger partial charge in [0.05, 0.1) is 5.52 Å². The van der Waals surface area contributed by atoms with Gasteiger partial charge in [-0.25, -0.2) is 0 Å². The second-order valence-electron chi connectivity index (χ2n) is 4.56. The number of hydrogen-bond donors (Lipinski definition) is 1. The van der Waals surface area contributed by atoms with Crippen LogP contribution in [0.15, 0.2) is 36.5 Å². The second kappa shape index (κ2) is 5.08. The van der Waals surface area contributed by atoms with Crippen LogP contribution in [0, 0.1) is 5.92 Å². The van der Waals surface area contributed by atoms with Gasteiger partial charge in [-0.3, -0.25) is 4.98 Å². The molecule has 1 aromatic heterocycles. The molecule has 2 aromatic rings. The summed E-state index contributed by atoms with van der Waals surface area (Å²) in [5.41, 5.74) is 2.39. The molecule has 0 atom stereocenters. The van der Waals surface area contributed by atoms with Crippen LogP contribution in [0.1, 0.15) is 19.4 Å². The van der Waals surface area contributed by atoms with Crippen molar-refractivity contribution in [3.63, 3.8) is 0 Å². The van der Waals surface area contributed by atoms with E-state index in [-0.39, 0.29) is 0 Å². The largest absolute Gasteiger partial charge is 0.312 e. The Morgan fingerprint density at radius 2 is 2.12 bits per heavy atom. The fraction of sp³-hybridized carbons (Fsp3) is 0.357. The Kier molecular flexibility index (Phi) is 3.52. The number of nitrogens with zero attached hydrogens (tertiary/aromatic N) is 1. The number of fused-ring (bicyclic) bond motifs is 1. The lowest BCUT2D eigenvalue weighted by molar-refractivity contribution is 0.552. The van der Waals surface area contributed by atoms with E-state index in [1.54, 1.807) is 0 Å². The molecule has 2 rings (SSSR count). The predicted octanol–water partition coefficient (Wildman–Crippen LogP) is 2.98. The summed E-state index contributed by atoms with van der Waals surface area (Å²) >= 11 is 0. The fourth-order valence-corrected chi connectivity index (χ4v) is 1.74. The first-order valence-electron chi connectivity index (χ1n) is 5.80. The summed E-state index contributed by atoms with van der Waals surface area (Å²) in [6.45, 7) is 6.43.